The van der Waals surface area contributed by atoms with Crippen molar-refractivity contribution in [1.82, 2.24) is 15.0 Å². The monoisotopic (exact) mass is 491 g/mol. The number of carbonyl (C=O) groups excluding carboxylic acids is 2. The molecule has 0 saturated carbocycles. The molecule has 0 atom stereocenters. The number of halogens is 1. The van der Waals surface area contributed by atoms with E-state index in [0.717, 1.165) is 0 Å². The fourth-order valence-corrected chi connectivity index (χ4v) is 2.29. The minimum absolute atomic E-state index is 0.239. The van der Waals surface area contributed by atoms with E-state index in [-0.39, 0.29) is 11.8 Å². The first-order valence-corrected chi connectivity index (χ1v) is 10.7. The molecule has 0 aliphatic rings. The third-order valence-corrected chi connectivity index (χ3v) is 3.92. The van der Waals surface area contributed by atoms with Gasteiger partial charge < -0.3 is 21.1 Å². The predicted octanol–water partition coefficient (Wildman–Crippen LogP) is 3.86. The Morgan fingerprint density at radius 3 is 1.59 bits per heavy atom. The van der Waals surface area contributed by atoms with Crippen LogP contribution in [0.1, 0.15) is 36.4 Å². The van der Waals surface area contributed by atoms with Crippen molar-refractivity contribution in [2.45, 2.75) is 13.8 Å². The van der Waals surface area contributed by atoms with E-state index >= 15 is 0 Å². The summed E-state index contributed by atoms with van der Waals surface area (Å²) in [5.41, 5.74) is 10.7. The fraction of sp³-hybridized carbons (Fsp3) is 0.0952. The molecule has 3 rings (SSSR count). The Bertz CT molecular complexity index is 1020. The minimum atomic E-state index is -0.239. The average Bonchev–Trinajstić information content (AvgIpc) is 2.87. The molecule has 0 aromatic carbocycles. The van der Waals surface area contributed by atoms with Crippen LogP contribution in [0.5, 0.6) is 0 Å². The normalized spacial score (nSPS) is 11.1. The van der Waals surface area contributed by atoms with Crippen molar-refractivity contribution in [3.63, 3.8) is 0 Å². The number of hydrogen-bond donors (Lipinski definition) is 0. The van der Waals surface area contributed by atoms with Crippen LogP contribution < -0.4 is 0 Å². The van der Waals surface area contributed by atoms with Gasteiger partial charge in [-0.15, -0.1) is 0 Å². The predicted molar refractivity (Wildman–Crippen MR) is 122 cm³/mol. The molecule has 2 amide bonds. The van der Waals surface area contributed by atoms with E-state index < -0.39 is 0 Å². The molecule has 32 heavy (non-hydrogen) atoms. The van der Waals surface area contributed by atoms with E-state index in [4.69, 9.17) is 0 Å². The average molecular weight is 492 g/mol. The summed E-state index contributed by atoms with van der Waals surface area (Å²) in [7, 11) is 4.45. The van der Waals surface area contributed by atoms with E-state index in [2.05, 4.69) is 61.2 Å². The Kier molecular flexibility index (Phi) is 10.1. The second-order valence-electron chi connectivity index (χ2n) is 6.11. The Morgan fingerprint density at radius 1 is 0.781 bits per heavy atom. The molecule has 0 spiro atoms. The first-order valence-electron chi connectivity index (χ1n) is 9.10. The van der Waals surface area contributed by atoms with E-state index in [1.54, 1.807) is 68.7 Å². The van der Waals surface area contributed by atoms with Crippen LogP contribution in [0.15, 0.2) is 77.5 Å². The van der Waals surface area contributed by atoms with Gasteiger partial charge in [0, 0.05) is 36.2 Å². The molecular weight excluding hydrogens is 473 g/mol. The molecule has 0 unspecified atom stereocenters. The fourth-order valence-electron chi connectivity index (χ4n) is 2.29. The van der Waals surface area contributed by atoms with Gasteiger partial charge >= 0.3 is 25.2 Å². The molecule has 0 aliphatic heterocycles. The van der Waals surface area contributed by atoms with Crippen LogP contribution in [0.25, 0.3) is 10.9 Å². The number of aromatic nitrogens is 3. The van der Waals surface area contributed by atoms with Crippen LogP contribution in [0.3, 0.4) is 0 Å². The molecule has 0 bridgehead atoms. The zero-order valence-corrected chi connectivity index (χ0v) is 19.1. The van der Waals surface area contributed by atoms with E-state index in [1.807, 2.05) is 0 Å². The Balaban J connectivity index is 0.00000176. The van der Waals surface area contributed by atoms with Gasteiger partial charge in [-0.3, -0.25) is 19.6 Å². The first-order chi connectivity index (χ1) is 15.5. The molecule has 9 nitrogen and oxygen atoms in total. The van der Waals surface area contributed by atoms with Gasteiger partial charge in [0.2, 0.25) is 0 Å². The van der Waals surface area contributed by atoms with E-state index in [9.17, 15) is 9.59 Å². The summed E-state index contributed by atoms with van der Waals surface area (Å²) in [4.78, 5) is 32.3. The summed E-state index contributed by atoms with van der Waals surface area (Å²) in [6, 6.07) is 12.1. The quantitative estimate of drug-likeness (QED) is 0.224. The van der Waals surface area contributed by atoms with Crippen molar-refractivity contribution in [3.8, 4) is 0 Å². The first kappa shape index (κ1) is 24.8. The molecule has 0 aliphatic carbocycles. The molecule has 0 fully saturated rings. The van der Waals surface area contributed by atoms with Crippen LogP contribution in [0.4, 0.5) is 0 Å². The maximum absolute atomic E-state index is 10.00. The molecule has 3 aromatic heterocycles. The van der Waals surface area contributed by atoms with Gasteiger partial charge in [0.15, 0.2) is 0 Å². The molecule has 3 heterocycles. The summed E-state index contributed by atoms with van der Waals surface area (Å²) in [5, 5.41) is 8.07. The third kappa shape index (κ3) is 7.35. The van der Waals surface area contributed by atoms with Gasteiger partial charge in [0.1, 0.15) is 0 Å². The number of rotatable bonds is 6. The molecule has 11 heteroatoms. The second-order valence-corrected chi connectivity index (χ2v) is 6.11. The zero-order chi connectivity index (χ0) is 23.3. The van der Waals surface area contributed by atoms with Crippen molar-refractivity contribution in [3.05, 3.63) is 101 Å². The van der Waals surface area contributed by atoms with Crippen LogP contribution in [0.2, 0.25) is 0 Å². The zero-order valence-electron chi connectivity index (χ0n) is 17.1. The van der Waals surface area contributed by atoms with Crippen molar-refractivity contribution in [2.24, 2.45) is 10.2 Å². The van der Waals surface area contributed by atoms with Crippen molar-refractivity contribution < 1.29 is 24.7 Å². The summed E-state index contributed by atoms with van der Waals surface area (Å²) >= 11 is 2.41. The molecule has 3 aromatic rings. The third-order valence-electron chi connectivity index (χ3n) is 3.92. The van der Waals surface area contributed by atoms with E-state index in [1.165, 1.54) is 12.4 Å². The van der Waals surface area contributed by atoms with Crippen molar-refractivity contribution in [2.75, 3.05) is 0 Å². The standard InChI is InChI=1S/C21H19N7O2.ClH.Mn/c1-14(25-27-20(29)16-6-4-10-22-12-16)18-8-3-9-19(24-18)15(2)26-28-21(30)17-7-5-11-23-13-17;;/h3-13H,1-2H3,(H2,24,27,28,29,30);1H;/q;;+2/p-1. The maximum atomic E-state index is 10.00. The Hall–Kier alpha value is -3.46. The topological polar surface area (TPSA) is 134 Å². The van der Waals surface area contributed by atoms with Gasteiger partial charge in [0.05, 0.1) is 22.5 Å². The SMILES string of the molecule is CC(=N[N-]C(=[OH+])c1cccnc1)c1cccc(C(C)=N[N-]C(=[OH+])c2cccnc2)n1.[Cl][Mn+]. The van der Waals surface area contributed by atoms with Gasteiger partial charge in [-0.05, 0) is 50.2 Å². The number of amides is 2. The van der Waals surface area contributed by atoms with Gasteiger partial charge in [-0.1, -0.05) is 6.07 Å². The summed E-state index contributed by atoms with van der Waals surface area (Å²) < 4.78 is 0. The summed E-state index contributed by atoms with van der Waals surface area (Å²) in [5.74, 6) is -0.479. The van der Waals surface area contributed by atoms with Gasteiger partial charge in [0.25, 0.3) is 11.8 Å². The molecule has 2 N–H and O–H groups in total. The number of hydrogen-bond acceptors (Lipinski definition) is 5. The van der Waals surface area contributed by atoms with Crippen LogP contribution >= 0.6 is 10.1 Å². The van der Waals surface area contributed by atoms with Crippen LogP contribution in [-0.4, -0.2) is 47.8 Å². The van der Waals surface area contributed by atoms with E-state index in [0.29, 0.717) is 33.9 Å². The number of nitrogens with zero attached hydrogens (tertiary/aromatic N) is 7. The van der Waals surface area contributed by atoms with Gasteiger partial charge in [-0.25, -0.2) is 4.98 Å². The summed E-state index contributed by atoms with van der Waals surface area (Å²) in [6.45, 7) is 3.45. The Morgan fingerprint density at radius 2 is 1.22 bits per heavy atom. The molecule has 0 saturated heterocycles. The molecule has 163 valence electrons. The van der Waals surface area contributed by atoms with Crippen LogP contribution in [-0.2, 0) is 15.1 Å². The van der Waals surface area contributed by atoms with Crippen molar-refractivity contribution >= 4 is 33.3 Å². The van der Waals surface area contributed by atoms with Crippen molar-refractivity contribution in [1.29, 1.82) is 0 Å². The Labute approximate surface area is 197 Å². The van der Waals surface area contributed by atoms with Gasteiger partial charge in [-0.2, -0.15) is 0 Å². The molecular formula is C21H19ClMnN7O2+. The summed E-state index contributed by atoms with van der Waals surface area (Å²) in [6.07, 6.45) is 6.18. The number of pyridine rings is 3. The van der Waals surface area contributed by atoms with Crippen LogP contribution in [0, 0.1) is 0 Å². The second kappa shape index (κ2) is 13.1. The molecule has 0 radical (unpaired) electrons.